The number of para-hydroxylation sites is 1. The van der Waals surface area contributed by atoms with E-state index in [0.717, 1.165) is 22.5 Å². The van der Waals surface area contributed by atoms with Crippen LogP contribution in [0, 0.1) is 0 Å². The van der Waals surface area contributed by atoms with Gasteiger partial charge in [-0.05, 0) is 31.4 Å². The molecule has 0 amide bonds. The predicted molar refractivity (Wildman–Crippen MR) is 82.7 cm³/mol. The molecule has 0 bridgehead atoms. The molecule has 6 heteroatoms. The minimum Gasteiger partial charge on any atom is -0.377 e. The number of aromatic nitrogens is 3. The molecule has 20 heavy (non-hydrogen) atoms. The summed E-state index contributed by atoms with van der Waals surface area (Å²) in [7, 11) is 0. The van der Waals surface area contributed by atoms with Crippen LogP contribution in [0.5, 0.6) is 0 Å². The van der Waals surface area contributed by atoms with Crippen LogP contribution >= 0.6 is 23.1 Å². The Kier molecular flexibility index (Phi) is 3.37. The molecule has 0 aliphatic carbocycles. The second-order valence-corrected chi connectivity index (χ2v) is 6.97. The van der Waals surface area contributed by atoms with Crippen LogP contribution in [0.1, 0.15) is 19.3 Å². The minimum atomic E-state index is 0.367. The first kappa shape index (κ1) is 12.6. The first-order valence-electron chi connectivity index (χ1n) is 6.89. The Morgan fingerprint density at radius 2 is 2.25 bits per heavy atom. The molecule has 0 radical (unpaired) electrons. The Hall–Kier alpha value is -1.11. The first-order valence-corrected chi connectivity index (χ1v) is 8.69. The second-order valence-electron chi connectivity index (χ2n) is 4.97. The van der Waals surface area contributed by atoms with Crippen LogP contribution in [0.2, 0.25) is 0 Å². The van der Waals surface area contributed by atoms with E-state index in [1.165, 1.54) is 29.5 Å². The fourth-order valence-corrected chi connectivity index (χ4v) is 4.59. The number of nitrogens with zero attached hydrogens (tertiary/aromatic N) is 3. The summed E-state index contributed by atoms with van der Waals surface area (Å²) in [4.78, 5) is 0.971. The van der Waals surface area contributed by atoms with Gasteiger partial charge in [0.2, 0.25) is 4.96 Å². The Balaban J connectivity index is 1.62. The third-order valence-electron chi connectivity index (χ3n) is 3.58. The van der Waals surface area contributed by atoms with E-state index >= 15 is 0 Å². The molecule has 4 nitrogen and oxygen atoms in total. The molecule has 104 valence electrons. The summed E-state index contributed by atoms with van der Waals surface area (Å²) in [5.41, 5.74) is 1.20. The maximum Gasteiger partial charge on any atom is 0.217 e. The molecule has 0 spiro atoms. The van der Waals surface area contributed by atoms with E-state index in [2.05, 4.69) is 38.9 Å². The van der Waals surface area contributed by atoms with Gasteiger partial charge < -0.3 is 4.74 Å². The summed E-state index contributed by atoms with van der Waals surface area (Å²) in [5, 5.41) is 9.59. The van der Waals surface area contributed by atoms with Crippen LogP contribution in [0.3, 0.4) is 0 Å². The lowest BCUT2D eigenvalue weighted by molar-refractivity contribution is 0.0315. The number of rotatable bonds is 3. The highest BCUT2D eigenvalue weighted by molar-refractivity contribution is 7.99. The van der Waals surface area contributed by atoms with Crippen molar-refractivity contribution in [3.63, 3.8) is 0 Å². The van der Waals surface area contributed by atoms with Gasteiger partial charge in [0.1, 0.15) is 0 Å². The number of fused-ring (bicyclic) bond motifs is 3. The van der Waals surface area contributed by atoms with Crippen molar-refractivity contribution < 1.29 is 4.74 Å². The van der Waals surface area contributed by atoms with Crippen LogP contribution in [-0.2, 0) is 4.74 Å². The second kappa shape index (κ2) is 5.35. The van der Waals surface area contributed by atoms with E-state index in [4.69, 9.17) is 4.74 Å². The zero-order valence-electron chi connectivity index (χ0n) is 11.0. The fraction of sp³-hybridized carbons (Fsp3) is 0.429. The minimum absolute atomic E-state index is 0.367. The molecule has 1 unspecified atom stereocenters. The van der Waals surface area contributed by atoms with E-state index in [1.54, 1.807) is 23.1 Å². The van der Waals surface area contributed by atoms with Crippen LogP contribution in [0.25, 0.3) is 15.2 Å². The highest BCUT2D eigenvalue weighted by Crippen LogP contribution is 2.30. The van der Waals surface area contributed by atoms with Crippen molar-refractivity contribution >= 4 is 38.3 Å². The summed E-state index contributed by atoms with van der Waals surface area (Å²) in [5.74, 6) is 0.963. The molecular weight excluding hydrogens is 290 g/mol. The number of benzene rings is 1. The topological polar surface area (TPSA) is 39.4 Å². The molecule has 0 N–H and O–H groups in total. The number of thiazole rings is 1. The average Bonchev–Trinajstić information content (AvgIpc) is 3.05. The monoisotopic (exact) mass is 305 g/mol. The van der Waals surface area contributed by atoms with Crippen molar-refractivity contribution in [3.8, 4) is 0 Å². The lowest BCUT2D eigenvalue weighted by atomic mass is 10.1. The molecule has 1 saturated heterocycles. The molecule has 1 aliphatic rings. The summed E-state index contributed by atoms with van der Waals surface area (Å²) in [6.07, 6.45) is 4.01. The van der Waals surface area contributed by atoms with Crippen molar-refractivity contribution in [2.24, 2.45) is 0 Å². The van der Waals surface area contributed by atoms with Crippen LogP contribution in [0.15, 0.2) is 29.4 Å². The molecular formula is C14H15N3OS2. The summed E-state index contributed by atoms with van der Waals surface area (Å²) >= 11 is 3.44. The van der Waals surface area contributed by atoms with Gasteiger partial charge in [0.15, 0.2) is 5.16 Å². The summed E-state index contributed by atoms with van der Waals surface area (Å²) in [6, 6.07) is 8.39. The van der Waals surface area contributed by atoms with Gasteiger partial charge in [-0.2, -0.15) is 0 Å². The average molecular weight is 305 g/mol. The molecule has 3 heterocycles. The molecule has 1 aromatic carbocycles. The third kappa shape index (κ3) is 2.21. The smallest absolute Gasteiger partial charge is 0.217 e. The first-order chi connectivity index (χ1) is 9.92. The van der Waals surface area contributed by atoms with Crippen molar-refractivity contribution in [1.29, 1.82) is 0 Å². The van der Waals surface area contributed by atoms with Crippen LogP contribution in [-0.4, -0.2) is 33.1 Å². The Morgan fingerprint density at radius 3 is 3.15 bits per heavy atom. The Bertz CT molecular complexity index is 730. The highest BCUT2D eigenvalue weighted by Gasteiger charge is 2.17. The molecule has 1 aliphatic heterocycles. The highest BCUT2D eigenvalue weighted by atomic mass is 32.2. The molecule has 0 saturated carbocycles. The van der Waals surface area contributed by atoms with E-state index in [9.17, 15) is 0 Å². The van der Waals surface area contributed by atoms with Crippen molar-refractivity contribution in [2.45, 2.75) is 30.5 Å². The normalized spacial score (nSPS) is 19.9. The maximum absolute atomic E-state index is 5.78. The Morgan fingerprint density at radius 1 is 1.30 bits per heavy atom. The fourth-order valence-electron chi connectivity index (χ4n) is 2.56. The van der Waals surface area contributed by atoms with E-state index in [0.29, 0.717) is 6.10 Å². The maximum atomic E-state index is 5.78. The van der Waals surface area contributed by atoms with Gasteiger partial charge in [-0.3, -0.25) is 4.40 Å². The summed E-state index contributed by atoms with van der Waals surface area (Å²) < 4.78 is 9.20. The van der Waals surface area contributed by atoms with Gasteiger partial charge >= 0.3 is 0 Å². The van der Waals surface area contributed by atoms with Gasteiger partial charge in [0, 0.05) is 12.4 Å². The number of thioether (sulfide) groups is 1. The van der Waals surface area contributed by atoms with Gasteiger partial charge in [-0.15, -0.1) is 10.2 Å². The standard InChI is InChI=1S/C14H15N3OS2/c1-2-7-12-11(6-1)17-13(15-16-14(17)20-12)19-9-10-5-3-4-8-18-10/h1-2,6-7,10H,3-5,8-9H2. The molecule has 1 fully saturated rings. The molecule has 2 aromatic heterocycles. The zero-order valence-corrected chi connectivity index (χ0v) is 12.6. The van der Waals surface area contributed by atoms with Crippen LogP contribution < -0.4 is 0 Å². The van der Waals surface area contributed by atoms with Gasteiger partial charge in [0.25, 0.3) is 0 Å². The number of ether oxygens (including phenoxy) is 1. The van der Waals surface area contributed by atoms with Crippen molar-refractivity contribution in [2.75, 3.05) is 12.4 Å². The lowest BCUT2D eigenvalue weighted by Gasteiger charge is -2.21. The largest absolute Gasteiger partial charge is 0.377 e. The predicted octanol–water partition coefficient (Wildman–Crippen LogP) is 3.61. The van der Waals surface area contributed by atoms with Gasteiger partial charge in [0.05, 0.1) is 16.3 Å². The van der Waals surface area contributed by atoms with Gasteiger partial charge in [-0.25, -0.2) is 0 Å². The van der Waals surface area contributed by atoms with Gasteiger partial charge in [-0.1, -0.05) is 35.2 Å². The zero-order chi connectivity index (χ0) is 13.4. The van der Waals surface area contributed by atoms with E-state index in [1.807, 2.05) is 0 Å². The van der Waals surface area contributed by atoms with Crippen LogP contribution in [0.4, 0.5) is 0 Å². The molecule has 3 aromatic rings. The van der Waals surface area contributed by atoms with Crippen molar-refractivity contribution in [1.82, 2.24) is 14.6 Å². The Labute approximate surface area is 125 Å². The number of hydrogen-bond donors (Lipinski definition) is 0. The number of hydrogen-bond acceptors (Lipinski definition) is 5. The SMILES string of the molecule is c1ccc2c(c1)sc1nnc(SCC3CCCCO3)n12. The quantitative estimate of drug-likeness (QED) is 0.693. The molecule has 1 atom stereocenters. The lowest BCUT2D eigenvalue weighted by Crippen LogP contribution is -2.21. The van der Waals surface area contributed by atoms with E-state index in [-0.39, 0.29) is 0 Å². The van der Waals surface area contributed by atoms with Crippen molar-refractivity contribution in [3.05, 3.63) is 24.3 Å². The third-order valence-corrected chi connectivity index (χ3v) is 5.66. The molecule has 4 rings (SSSR count). The van der Waals surface area contributed by atoms with E-state index < -0.39 is 0 Å². The summed E-state index contributed by atoms with van der Waals surface area (Å²) in [6.45, 7) is 0.905.